The summed E-state index contributed by atoms with van der Waals surface area (Å²) in [5, 5.41) is 32.7. The molecule has 0 amide bonds. The van der Waals surface area contributed by atoms with Crippen LogP contribution in [0, 0.1) is 0 Å². The number of carboxylic acid groups (broad SMARTS) is 1. The Balaban J connectivity index is 0.000000197. The van der Waals surface area contributed by atoms with Gasteiger partial charge >= 0.3 is 30.7 Å². The summed E-state index contributed by atoms with van der Waals surface area (Å²) in [7, 11) is 13.0. The van der Waals surface area contributed by atoms with Gasteiger partial charge in [-0.15, -0.1) is 0 Å². The number of methoxy groups -OCH3 is 6. The predicted molar refractivity (Wildman–Crippen MR) is 330 cm³/mol. The second-order valence-corrected chi connectivity index (χ2v) is 18.5. The molecule has 0 atom stereocenters. The third-order valence-electron chi connectivity index (χ3n) is 11.3. The fraction of sp³-hybridized carbons (Fsp3) is 0.189. The second kappa shape index (κ2) is 34.3. The number of nitrogens with two attached hydrogens (primary N) is 1. The van der Waals surface area contributed by atoms with Crippen molar-refractivity contribution in [1.29, 1.82) is 0 Å². The van der Waals surface area contributed by atoms with Crippen LogP contribution in [0.4, 0.5) is 16.0 Å². The van der Waals surface area contributed by atoms with E-state index in [1.807, 2.05) is 91.1 Å². The van der Waals surface area contributed by atoms with Crippen LogP contribution in [0.15, 0.2) is 148 Å². The Bertz CT molecular complexity index is 3910. The molecule has 0 bridgehead atoms. The number of nitrogens with one attached hydrogen (secondary N) is 2. The Morgan fingerprint density at radius 1 is 0.631 bits per heavy atom. The van der Waals surface area contributed by atoms with Crippen LogP contribution < -0.4 is 44.8 Å². The number of anilines is 2. The number of nitrogens with zero attached hydrogens (tertiary/aromatic N) is 13. The van der Waals surface area contributed by atoms with Gasteiger partial charge in [-0.05, 0) is 111 Å². The van der Waals surface area contributed by atoms with Gasteiger partial charge in [-0.1, -0.05) is 29.3 Å². The number of alkyl halides is 1. The van der Waals surface area contributed by atoms with E-state index in [1.165, 1.54) is 35.9 Å². The Hall–Kier alpha value is -8.35. The maximum atomic E-state index is 11.2. The molecule has 1 radical (unpaired) electrons. The Morgan fingerprint density at radius 3 is 1.49 bits per heavy atom. The van der Waals surface area contributed by atoms with E-state index in [0.717, 1.165) is 71.3 Å². The van der Waals surface area contributed by atoms with Crippen LogP contribution in [-0.2, 0) is 19.6 Å². The first kappa shape index (κ1) is 64.8. The molecule has 3 aromatic carbocycles. The summed E-state index contributed by atoms with van der Waals surface area (Å²) >= 11 is 21.5. The summed E-state index contributed by atoms with van der Waals surface area (Å²) in [4.78, 5) is 27.3. The van der Waals surface area contributed by atoms with Crippen molar-refractivity contribution >= 4 is 115 Å². The second-order valence-electron chi connectivity index (χ2n) is 15.9. The summed E-state index contributed by atoms with van der Waals surface area (Å²) in [5.74, 6) is 4.74. The molecular formula is C53H55BBr2Cl2FN16O8S. The van der Waals surface area contributed by atoms with Crippen LogP contribution >= 0.6 is 67.9 Å². The average molecular weight is 1340 g/mol. The number of halogens is 5. The fourth-order valence-corrected chi connectivity index (χ4v) is 8.56. The number of aromatic nitrogens is 12. The predicted octanol–water partition coefficient (Wildman–Crippen LogP) is 10.6. The van der Waals surface area contributed by atoms with Gasteiger partial charge in [-0.25, -0.2) is 42.8 Å². The van der Waals surface area contributed by atoms with Crippen molar-refractivity contribution in [3.63, 3.8) is 0 Å². The summed E-state index contributed by atoms with van der Waals surface area (Å²) < 4.78 is 57.7. The van der Waals surface area contributed by atoms with Gasteiger partial charge in [0.05, 0.1) is 51.2 Å². The molecule has 8 heterocycles. The summed E-state index contributed by atoms with van der Waals surface area (Å²) in [6.45, 7) is 1.52. The zero-order chi connectivity index (χ0) is 61.8. The van der Waals surface area contributed by atoms with Crippen molar-refractivity contribution in [2.75, 3.05) is 60.4 Å². The molecule has 8 aromatic heterocycles. The van der Waals surface area contributed by atoms with E-state index < -0.39 is 13.1 Å². The summed E-state index contributed by atoms with van der Waals surface area (Å²) in [6.07, 6.45) is 7.50. The number of hydrogen-bond donors (Lipinski definition) is 5. The minimum absolute atomic E-state index is 0.0810. The van der Waals surface area contributed by atoms with Crippen LogP contribution in [0.5, 0.6) is 34.5 Å². The van der Waals surface area contributed by atoms with Crippen molar-refractivity contribution < 1.29 is 44.1 Å². The molecule has 0 aliphatic rings. The Kier molecular flexibility index (Phi) is 26.5. The van der Waals surface area contributed by atoms with Crippen LogP contribution in [0.1, 0.15) is 28.5 Å². The van der Waals surface area contributed by atoms with E-state index in [9.17, 15) is 9.18 Å². The SMILES string of the molecule is COc1ccc(CN)c(OC)c1.COc1ccc(CNc2ncnn3c(Br)ccc23)c(OC)c1.COc1ccc(CNc2ncnn3c(C(=O)O)ccc23)c(OC)c1.Clc1ncnn2c(Br)ccc12.Clc1ncnn2cccc12.[2H]CF.[B]=NS. The van der Waals surface area contributed by atoms with Crippen LogP contribution in [-0.4, -0.2) is 127 Å². The zero-order valence-electron chi connectivity index (χ0n) is 46.6. The molecule has 0 unspecified atom stereocenters. The van der Waals surface area contributed by atoms with Crippen LogP contribution in [0.2, 0.25) is 10.3 Å². The summed E-state index contributed by atoms with van der Waals surface area (Å²) in [6, 6.07) is 31.4. The number of carboxylic acids is 1. The zero-order valence-corrected chi connectivity index (χ0v) is 51.2. The fourth-order valence-electron chi connectivity index (χ4n) is 7.35. The summed E-state index contributed by atoms with van der Waals surface area (Å²) in [5.41, 5.74) is 11.6. The Labute approximate surface area is 515 Å². The third-order valence-corrected chi connectivity index (χ3v) is 13.1. The minimum atomic E-state index is -1.04. The molecular weight excluding hydrogens is 1280 g/mol. The molecule has 84 heavy (non-hydrogen) atoms. The Morgan fingerprint density at radius 2 is 1.04 bits per heavy atom. The molecule has 11 rings (SSSR count). The van der Waals surface area contributed by atoms with Gasteiger partial charge in [0.25, 0.3) is 0 Å². The van der Waals surface area contributed by atoms with Crippen molar-refractivity contribution in [2.24, 2.45) is 10.0 Å². The van der Waals surface area contributed by atoms with E-state index in [0.29, 0.717) is 52.8 Å². The number of carbonyl (C=O) groups is 1. The first-order valence-electron chi connectivity index (χ1n) is 24.7. The van der Waals surface area contributed by atoms with E-state index in [1.54, 1.807) is 68.3 Å². The van der Waals surface area contributed by atoms with Crippen molar-refractivity contribution in [3.05, 3.63) is 177 Å². The van der Waals surface area contributed by atoms with E-state index in [-0.39, 0.29) is 5.69 Å². The van der Waals surface area contributed by atoms with Crippen LogP contribution in [0.3, 0.4) is 0 Å². The number of hydrogen-bond acceptors (Lipinski definition) is 20. The van der Waals surface area contributed by atoms with Gasteiger partial charge in [0.2, 0.25) is 0 Å². The molecule has 0 saturated heterocycles. The van der Waals surface area contributed by atoms with Crippen molar-refractivity contribution in [2.45, 2.75) is 19.6 Å². The van der Waals surface area contributed by atoms with Gasteiger partial charge < -0.3 is 49.9 Å². The molecule has 31 heteroatoms. The number of fused-ring (bicyclic) bond motifs is 4. The molecule has 0 spiro atoms. The van der Waals surface area contributed by atoms with Gasteiger partial charge in [0.15, 0.2) is 27.6 Å². The number of ether oxygens (including phenoxy) is 6. The van der Waals surface area contributed by atoms with Gasteiger partial charge in [0, 0.05) is 60.7 Å². The van der Waals surface area contributed by atoms with E-state index >= 15 is 0 Å². The quantitative estimate of drug-likeness (QED) is 0.0500. The molecule has 0 fully saturated rings. The first-order valence-corrected chi connectivity index (χ1v) is 26.7. The third kappa shape index (κ3) is 17.8. The number of aromatic carboxylic acids is 1. The van der Waals surface area contributed by atoms with Crippen molar-refractivity contribution in [3.8, 4) is 34.5 Å². The van der Waals surface area contributed by atoms with Crippen molar-refractivity contribution in [1.82, 2.24) is 58.4 Å². The molecule has 24 nitrogen and oxygen atoms in total. The monoisotopic (exact) mass is 1330 g/mol. The number of rotatable bonds is 14. The van der Waals surface area contributed by atoms with Crippen LogP contribution in [0.25, 0.3) is 22.1 Å². The molecule has 439 valence electrons. The first-order chi connectivity index (χ1) is 41.2. The van der Waals surface area contributed by atoms with Gasteiger partial charge in [0.1, 0.15) is 91.1 Å². The molecule has 0 saturated carbocycles. The molecule has 0 aliphatic carbocycles. The topological polar surface area (TPSA) is 276 Å². The average Bonchev–Trinajstić information content (AvgIpc) is 4.48. The number of thiol groups is 1. The molecule has 11 aromatic rings. The maximum absolute atomic E-state index is 11.2. The van der Waals surface area contributed by atoms with E-state index in [4.69, 9.17) is 63.8 Å². The molecule has 5 N–H and O–H groups in total. The standard InChI is InChI=1S/C16H16N4O4.C15H15BrN4O2.C9H13NO2.C6H3BrClN3.C6H4ClN3.CH3F.BHNS/c1-23-11-4-3-10(14(7-11)24-2)8-17-15-12-5-6-13(16(21)22)20(12)19-9-18-15;1-21-11-4-3-10(13(7-11)22-2)8-17-15-12-5-6-14(16)20(12)19-9-18-15;1-11-8-4-3-7(6-10)9(5-8)12-2;7-5-2-1-4-6(8)9-3-10-11(4)5;7-6-5-2-1-3-10(5)9-4-8-6;1-2;1-2-3/h3-7,9H,8H2,1-2H3,(H,21,22)(H,17,18,19);3-7,9H,8H2,1-2H3,(H,17,18,19);3-5H,6,10H2,1-2H3;1-3H;1-4H;1H3;3H/i;;;;;1D;. The normalized spacial score (nSPS) is 10.2. The van der Waals surface area contributed by atoms with Gasteiger partial charge in [-0.2, -0.15) is 20.4 Å². The van der Waals surface area contributed by atoms with Gasteiger partial charge in [-0.3, -0.25) is 4.39 Å². The molecule has 0 aliphatic heterocycles. The number of benzene rings is 3. The van der Waals surface area contributed by atoms with E-state index in [2.05, 4.69) is 108 Å².